The highest BCUT2D eigenvalue weighted by Crippen LogP contribution is 2.36. The van der Waals surface area contributed by atoms with Crippen molar-refractivity contribution in [2.75, 3.05) is 0 Å². The van der Waals surface area contributed by atoms with Gasteiger partial charge in [-0.15, -0.1) is 0 Å². The van der Waals surface area contributed by atoms with Gasteiger partial charge >= 0.3 is 0 Å². The molecule has 1 nitrogen and oxygen atoms in total. The third-order valence-electron chi connectivity index (χ3n) is 5.29. The van der Waals surface area contributed by atoms with Crippen molar-refractivity contribution in [1.29, 1.82) is 0 Å². The molecule has 1 aliphatic carbocycles. The average Bonchev–Trinajstić information content (AvgIpc) is 2.35. The quantitative estimate of drug-likeness (QED) is 0.617. The molecular weight excluding hydrogens is 263 g/mol. The van der Waals surface area contributed by atoms with E-state index in [1.54, 1.807) is 0 Å². The highest BCUT2D eigenvalue weighted by atomic mass is 19.1. The van der Waals surface area contributed by atoms with Crippen LogP contribution in [0.3, 0.4) is 0 Å². The molecule has 1 aliphatic rings. The molecule has 0 radical (unpaired) electrons. The maximum atomic E-state index is 13.7. The summed E-state index contributed by atoms with van der Waals surface area (Å²) >= 11 is 0. The molecule has 0 aromatic carbocycles. The first-order valence-electron chi connectivity index (χ1n) is 9.11. The zero-order valence-electron chi connectivity index (χ0n) is 14.8. The van der Waals surface area contributed by atoms with Crippen LogP contribution in [0.1, 0.15) is 79.6 Å². The molecule has 0 aromatic heterocycles. The molecule has 0 aromatic rings. The zero-order valence-corrected chi connectivity index (χ0v) is 14.8. The Morgan fingerprint density at radius 1 is 1.00 bits per heavy atom. The van der Waals surface area contributed by atoms with E-state index in [0.29, 0.717) is 30.1 Å². The largest absolute Gasteiger partial charge is 0.393 e. The van der Waals surface area contributed by atoms with Crippen LogP contribution in [0.2, 0.25) is 0 Å². The van der Waals surface area contributed by atoms with Gasteiger partial charge in [0.05, 0.1) is 6.10 Å². The van der Waals surface area contributed by atoms with Gasteiger partial charge in [-0.05, 0) is 61.7 Å². The van der Waals surface area contributed by atoms with Crippen molar-refractivity contribution >= 4 is 0 Å². The van der Waals surface area contributed by atoms with Crippen molar-refractivity contribution in [3.05, 3.63) is 0 Å². The minimum atomic E-state index is -0.619. The van der Waals surface area contributed by atoms with Crippen molar-refractivity contribution in [2.24, 2.45) is 29.6 Å². The lowest BCUT2D eigenvalue weighted by atomic mass is 9.75. The van der Waals surface area contributed by atoms with Crippen molar-refractivity contribution in [3.8, 4) is 0 Å². The van der Waals surface area contributed by atoms with Gasteiger partial charge in [0.1, 0.15) is 6.17 Å². The summed E-state index contributed by atoms with van der Waals surface area (Å²) in [6.45, 7) is 11.0. The van der Waals surface area contributed by atoms with Crippen molar-refractivity contribution < 1.29 is 9.50 Å². The third-order valence-corrected chi connectivity index (χ3v) is 5.29. The highest BCUT2D eigenvalue weighted by Gasteiger charge is 2.30. The second kappa shape index (κ2) is 9.12. The lowest BCUT2D eigenvalue weighted by molar-refractivity contribution is 0.0379. The van der Waals surface area contributed by atoms with Crippen LogP contribution in [-0.4, -0.2) is 17.4 Å². The summed E-state index contributed by atoms with van der Waals surface area (Å²) in [5.74, 6) is 2.38. The standard InChI is InChI=1S/C19H37FO/c1-13(2)7-6-8-15(4)19(21)16(5)11-17-9-14(3)10-18(20)12-17/h13-19,21H,6-12H2,1-5H3/t14?,15?,16-,17?,18?,19?/m1/s1. The fourth-order valence-electron chi connectivity index (χ4n) is 4.09. The lowest BCUT2D eigenvalue weighted by Crippen LogP contribution is -2.30. The molecule has 1 rings (SSSR count). The van der Waals surface area contributed by atoms with Crippen LogP contribution in [0.25, 0.3) is 0 Å². The number of aliphatic hydroxyl groups is 1. The minimum Gasteiger partial charge on any atom is -0.393 e. The highest BCUT2D eigenvalue weighted by molar-refractivity contribution is 4.81. The Morgan fingerprint density at radius 3 is 2.24 bits per heavy atom. The summed E-state index contributed by atoms with van der Waals surface area (Å²) in [7, 11) is 0. The van der Waals surface area contributed by atoms with Gasteiger partial charge in [-0.25, -0.2) is 4.39 Å². The van der Waals surface area contributed by atoms with Gasteiger partial charge in [0.2, 0.25) is 0 Å². The molecule has 0 bridgehead atoms. The second-order valence-electron chi connectivity index (χ2n) is 8.28. The first kappa shape index (κ1) is 18.9. The van der Waals surface area contributed by atoms with E-state index in [1.807, 2.05) is 0 Å². The number of aliphatic hydroxyl groups excluding tert-OH is 1. The first-order valence-corrected chi connectivity index (χ1v) is 9.11. The average molecular weight is 301 g/mol. The van der Waals surface area contributed by atoms with E-state index in [4.69, 9.17) is 0 Å². The van der Waals surface area contributed by atoms with E-state index >= 15 is 0 Å². The fourth-order valence-corrected chi connectivity index (χ4v) is 4.09. The molecule has 21 heavy (non-hydrogen) atoms. The van der Waals surface area contributed by atoms with Gasteiger partial charge in [0, 0.05) is 0 Å². The first-order chi connectivity index (χ1) is 9.79. The topological polar surface area (TPSA) is 20.2 Å². The number of hydrogen-bond acceptors (Lipinski definition) is 1. The lowest BCUT2D eigenvalue weighted by Gasteiger charge is -2.33. The number of alkyl halides is 1. The Morgan fingerprint density at radius 2 is 1.67 bits per heavy atom. The summed E-state index contributed by atoms with van der Waals surface area (Å²) < 4.78 is 13.7. The molecule has 1 saturated carbocycles. The van der Waals surface area contributed by atoms with Crippen LogP contribution in [0.15, 0.2) is 0 Å². The van der Waals surface area contributed by atoms with Crippen LogP contribution in [0, 0.1) is 29.6 Å². The molecule has 0 saturated heterocycles. The fraction of sp³-hybridized carbons (Fsp3) is 1.00. The molecule has 0 amide bonds. The number of halogens is 1. The van der Waals surface area contributed by atoms with Crippen molar-refractivity contribution in [2.45, 2.75) is 91.8 Å². The molecular formula is C19H37FO. The van der Waals surface area contributed by atoms with Gasteiger partial charge in [0.25, 0.3) is 0 Å². The molecule has 6 atom stereocenters. The van der Waals surface area contributed by atoms with Crippen LogP contribution in [0.5, 0.6) is 0 Å². The van der Waals surface area contributed by atoms with Crippen LogP contribution in [0.4, 0.5) is 4.39 Å². The molecule has 126 valence electrons. The summed E-state index contributed by atoms with van der Waals surface area (Å²) in [4.78, 5) is 0. The van der Waals surface area contributed by atoms with Gasteiger partial charge in [-0.1, -0.05) is 47.5 Å². The van der Waals surface area contributed by atoms with E-state index in [0.717, 1.165) is 31.6 Å². The summed E-state index contributed by atoms with van der Waals surface area (Å²) in [5.41, 5.74) is 0. The van der Waals surface area contributed by atoms with Crippen molar-refractivity contribution in [3.63, 3.8) is 0 Å². The van der Waals surface area contributed by atoms with Gasteiger partial charge in [-0.2, -0.15) is 0 Å². The SMILES string of the molecule is CC(C)CCCC(C)C(O)[C@H](C)CC1CC(C)CC(F)C1. The Labute approximate surface area is 131 Å². The Balaban J connectivity index is 2.33. The maximum Gasteiger partial charge on any atom is 0.101 e. The second-order valence-corrected chi connectivity index (χ2v) is 8.28. The van der Waals surface area contributed by atoms with Crippen molar-refractivity contribution in [1.82, 2.24) is 0 Å². The van der Waals surface area contributed by atoms with Gasteiger partial charge < -0.3 is 5.11 Å². The smallest absolute Gasteiger partial charge is 0.101 e. The molecule has 1 fully saturated rings. The molecule has 5 unspecified atom stereocenters. The number of rotatable bonds is 8. The molecule has 2 heteroatoms. The summed E-state index contributed by atoms with van der Waals surface area (Å²) in [6.07, 6.45) is 6.28. The van der Waals surface area contributed by atoms with E-state index in [9.17, 15) is 9.50 Å². The van der Waals surface area contributed by atoms with E-state index in [1.165, 1.54) is 12.8 Å². The molecule has 0 aliphatic heterocycles. The number of hydrogen-bond donors (Lipinski definition) is 1. The summed E-state index contributed by atoms with van der Waals surface area (Å²) in [5, 5.41) is 10.5. The molecule has 0 spiro atoms. The summed E-state index contributed by atoms with van der Waals surface area (Å²) in [6, 6.07) is 0. The third kappa shape index (κ3) is 7.13. The van der Waals surface area contributed by atoms with E-state index in [2.05, 4.69) is 34.6 Å². The van der Waals surface area contributed by atoms with Gasteiger partial charge in [0.15, 0.2) is 0 Å². The predicted octanol–water partition coefficient (Wildman–Crippen LogP) is 5.61. The van der Waals surface area contributed by atoms with E-state index in [-0.39, 0.29) is 6.10 Å². The van der Waals surface area contributed by atoms with E-state index < -0.39 is 6.17 Å². The maximum absolute atomic E-state index is 13.7. The molecule has 0 heterocycles. The van der Waals surface area contributed by atoms with Crippen LogP contribution < -0.4 is 0 Å². The normalized spacial score (nSPS) is 31.1. The Hall–Kier alpha value is -0.110. The minimum absolute atomic E-state index is 0.229. The zero-order chi connectivity index (χ0) is 16.0. The van der Waals surface area contributed by atoms with Crippen LogP contribution in [-0.2, 0) is 0 Å². The monoisotopic (exact) mass is 300 g/mol. The Kier molecular flexibility index (Phi) is 8.23. The van der Waals surface area contributed by atoms with Gasteiger partial charge in [-0.3, -0.25) is 0 Å². The predicted molar refractivity (Wildman–Crippen MR) is 89.0 cm³/mol. The molecule has 1 N–H and O–H groups in total. The Bertz CT molecular complexity index is 269. The van der Waals surface area contributed by atoms with Crippen LogP contribution >= 0.6 is 0 Å².